The molecule has 1 aromatic heterocycles. The number of esters is 1. The van der Waals surface area contributed by atoms with Gasteiger partial charge in [0.1, 0.15) is 0 Å². The van der Waals surface area contributed by atoms with Crippen LogP contribution >= 0.6 is 0 Å². The normalized spacial score (nSPS) is 10.3. The van der Waals surface area contributed by atoms with Crippen LogP contribution < -0.4 is 5.32 Å². The van der Waals surface area contributed by atoms with E-state index >= 15 is 0 Å². The SMILES string of the molecule is COC(=O)/C=C/C(=O)Nc1cnn(C)c1. The van der Waals surface area contributed by atoms with Gasteiger partial charge in [-0.2, -0.15) is 5.10 Å². The summed E-state index contributed by atoms with van der Waals surface area (Å²) in [6.07, 6.45) is 5.29. The fraction of sp³-hybridized carbons (Fsp3) is 0.222. The van der Waals surface area contributed by atoms with Crippen molar-refractivity contribution in [3.05, 3.63) is 24.5 Å². The van der Waals surface area contributed by atoms with E-state index in [2.05, 4.69) is 15.2 Å². The van der Waals surface area contributed by atoms with Crippen LogP contribution in [-0.4, -0.2) is 28.8 Å². The molecule has 6 heteroatoms. The highest BCUT2D eigenvalue weighted by Crippen LogP contribution is 2.02. The van der Waals surface area contributed by atoms with Gasteiger partial charge in [0.15, 0.2) is 0 Å². The summed E-state index contributed by atoms with van der Waals surface area (Å²) in [5.74, 6) is -0.982. The number of nitrogens with one attached hydrogen (secondary N) is 1. The second-order valence-corrected chi connectivity index (χ2v) is 2.75. The van der Waals surface area contributed by atoms with Crippen LogP contribution in [0.2, 0.25) is 0 Å². The first-order chi connectivity index (χ1) is 7.11. The number of methoxy groups -OCH3 is 1. The predicted molar refractivity (Wildman–Crippen MR) is 53.0 cm³/mol. The summed E-state index contributed by atoms with van der Waals surface area (Å²) >= 11 is 0. The first-order valence-corrected chi connectivity index (χ1v) is 4.17. The maximum atomic E-state index is 11.2. The van der Waals surface area contributed by atoms with Gasteiger partial charge in [-0.25, -0.2) is 4.79 Å². The molecule has 15 heavy (non-hydrogen) atoms. The summed E-state index contributed by atoms with van der Waals surface area (Å²) in [4.78, 5) is 21.9. The van der Waals surface area contributed by atoms with Crippen molar-refractivity contribution in [2.75, 3.05) is 12.4 Å². The lowest BCUT2D eigenvalue weighted by Crippen LogP contribution is -2.08. The molecule has 0 fully saturated rings. The molecule has 1 aromatic rings. The lowest BCUT2D eigenvalue weighted by molar-refractivity contribution is -0.135. The zero-order valence-corrected chi connectivity index (χ0v) is 8.43. The smallest absolute Gasteiger partial charge is 0.330 e. The zero-order valence-electron chi connectivity index (χ0n) is 8.43. The lowest BCUT2D eigenvalue weighted by atomic mass is 10.4. The largest absolute Gasteiger partial charge is 0.466 e. The average Bonchev–Trinajstić information content (AvgIpc) is 2.60. The molecule has 0 aliphatic rings. The van der Waals surface area contributed by atoms with Gasteiger partial charge in [0.05, 0.1) is 19.0 Å². The van der Waals surface area contributed by atoms with Crippen LogP contribution in [0.3, 0.4) is 0 Å². The van der Waals surface area contributed by atoms with Gasteiger partial charge in [-0.1, -0.05) is 0 Å². The molecule has 0 aliphatic heterocycles. The molecule has 0 aromatic carbocycles. The second-order valence-electron chi connectivity index (χ2n) is 2.75. The molecule has 1 rings (SSSR count). The number of aromatic nitrogens is 2. The lowest BCUT2D eigenvalue weighted by Gasteiger charge is -1.95. The van der Waals surface area contributed by atoms with Crippen LogP contribution in [0.15, 0.2) is 24.5 Å². The van der Waals surface area contributed by atoms with Crippen LogP contribution in [0.5, 0.6) is 0 Å². The molecule has 0 radical (unpaired) electrons. The summed E-state index contributed by atoms with van der Waals surface area (Å²) < 4.78 is 5.89. The number of carbonyl (C=O) groups excluding carboxylic acids is 2. The number of hydrogen-bond acceptors (Lipinski definition) is 4. The van der Waals surface area contributed by atoms with Gasteiger partial charge in [0, 0.05) is 25.4 Å². The molecule has 1 amide bonds. The van der Waals surface area contributed by atoms with Crippen molar-refractivity contribution in [3.63, 3.8) is 0 Å². The number of rotatable bonds is 3. The predicted octanol–water partition coefficient (Wildman–Crippen LogP) is 0.0878. The van der Waals surface area contributed by atoms with Crippen molar-refractivity contribution in [1.82, 2.24) is 9.78 Å². The highest BCUT2D eigenvalue weighted by atomic mass is 16.5. The molecule has 0 aliphatic carbocycles. The van der Waals surface area contributed by atoms with Gasteiger partial charge in [0.25, 0.3) is 0 Å². The van der Waals surface area contributed by atoms with Crippen LogP contribution in [0.1, 0.15) is 0 Å². The van der Waals surface area contributed by atoms with E-state index in [1.807, 2.05) is 0 Å². The zero-order chi connectivity index (χ0) is 11.3. The van der Waals surface area contributed by atoms with Crippen molar-refractivity contribution in [2.24, 2.45) is 7.05 Å². The number of amides is 1. The van der Waals surface area contributed by atoms with E-state index in [9.17, 15) is 9.59 Å². The second kappa shape index (κ2) is 4.94. The Hall–Kier alpha value is -2.11. The Labute approximate surface area is 86.5 Å². The van der Waals surface area contributed by atoms with E-state index < -0.39 is 11.9 Å². The molecule has 1 N–H and O–H groups in total. The number of ether oxygens (including phenoxy) is 1. The third-order valence-corrected chi connectivity index (χ3v) is 1.54. The van der Waals surface area contributed by atoms with Gasteiger partial charge in [-0.3, -0.25) is 9.48 Å². The highest BCUT2D eigenvalue weighted by molar-refractivity contribution is 6.02. The van der Waals surface area contributed by atoms with E-state index in [-0.39, 0.29) is 0 Å². The Morgan fingerprint density at radius 2 is 2.27 bits per heavy atom. The fourth-order valence-electron chi connectivity index (χ4n) is 0.881. The molecule has 6 nitrogen and oxygen atoms in total. The highest BCUT2D eigenvalue weighted by Gasteiger charge is 2.00. The molecule has 0 spiro atoms. The fourth-order valence-corrected chi connectivity index (χ4v) is 0.881. The Morgan fingerprint density at radius 3 is 2.80 bits per heavy atom. The van der Waals surface area contributed by atoms with E-state index in [0.717, 1.165) is 12.2 Å². The Morgan fingerprint density at radius 1 is 1.53 bits per heavy atom. The molecule has 0 atom stereocenters. The van der Waals surface area contributed by atoms with Crippen molar-refractivity contribution in [3.8, 4) is 0 Å². The first kappa shape index (κ1) is 11.0. The van der Waals surface area contributed by atoms with Gasteiger partial charge in [0.2, 0.25) is 5.91 Å². The third kappa shape index (κ3) is 3.63. The minimum Gasteiger partial charge on any atom is -0.466 e. The van der Waals surface area contributed by atoms with Crippen LogP contribution in [0.25, 0.3) is 0 Å². The number of carbonyl (C=O) groups is 2. The Kier molecular flexibility index (Phi) is 3.61. The number of anilines is 1. The minimum atomic E-state index is -0.573. The topological polar surface area (TPSA) is 73.2 Å². The van der Waals surface area contributed by atoms with Crippen molar-refractivity contribution in [1.29, 1.82) is 0 Å². The molecule has 80 valence electrons. The van der Waals surface area contributed by atoms with Crippen LogP contribution in [0.4, 0.5) is 5.69 Å². The molecular weight excluding hydrogens is 198 g/mol. The van der Waals surface area contributed by atoms with Crippen LogP contribution in [-0.2, 0) is 21.4 Å². The van der Waals surface area contributed by atoms with Gasteiger partial charge in [-0.15, -0.1) is 0 Å². The maximum absolute atomic E-state index is 11.2. The molecular formula is C9H11N3O3. The quantitative estimate of drug-likeness (QED) is 0.565. The van der Waals surface area contributed by atoms with Crippen LogP contribution in [0, 0.1) is 0 Å². The Bertz CT molecular complexity index is 395. The summed E-state index contributed by atoms with van der Waals surface area (Å²) in [6.45, 7) is 0. The summed E-state index contributed by atoms with van der Waals surface area (Å²) in [5, 5.41) is 6.39. The molecule has 0 saturated carbocycles. The summed E-state index contributed by atoms with van der Waals surface area (Å²) in [5.41, 5.74) is 0.567. The Balaban J connectivity index is 2.50. The minimum absolute atomic E-state index is 0.409. The number of hydrogen-bond donors (Lipinski definition) is 1. The standard InChI is InChI=1S/C9H11N3O3/c1-12-6-7(5-10-12)11-8(13)3-4-9(14)15-2/h3-6H,1-2H3,(H,11,13)/b4-3+. The van der Waals surface area contributed by atoms with Crippen molar-refractivity contribution < 1.29 is 14.3 Å². The molecule has 0 unspecified atom stereocenters. The number of nitrogens with zero attached hydrogens (tertiary/aromatic N) is 2. The summed E-state index contributed by atoms with van der Waals surface area (Å²) in [7, 11) is 2.98. The van der Waals surface area contributed by atoms with E-state index in [4.69, 9.17) is 0 Å². The van der Waals surface area contributed by atoms with E-state index in [0.29, 0.717) is 5.69 Å². The monoisotopic (exact) mass is 209 g/mol. The molecule has 1 heterocycles. The first-order valence-electron chi connectivity index (χ1n) is 4.17. The van der Waals surface area contributed by atoms with Crippen molar-refractivity contribution >= 4 is 17.6 Å². The van der Waals surface area contributed by atoms with Gasteiger partial charge in [-0.05, 0) is 0 Å². The van der Waals surface area contributed by atoms with Crippen molar-refractivity contribution in [2.45, 2.75) is 0 Å². The van der Waals surface area contributed by atoms with E-state index in [1.54, 1.807) is 17.9 Å². The van der Waals surface area contributed by atoms with Gasteiger partial charge < -0.3 is 10.1 Å². The molecule has 0 saturated heterocycles. The number of aryl methyl sites for hydroxylation is 1. The average molecular weight is 209 g/mol. The maximum Gasteiger partial charge on any atom is 0.330 e. The third-order valence-electron chi connectivity index (χ3n) is 1.54. The van der Waals surface area contributed by atoms with E-state index in [1.165, 1.54) is 13.3 Å². The molecule has 0 bridgehead atoms. The van der Waals surface area contributed by atoms with Gasteiger partial charge >= 0.3 is 5.97 Å². The summed E-state index contributed by atoms with van der Waals surface area (Å²) in [6, 6.07) is 0.